The standard InChI is InChI=1S/C13H23NO/c1-5-11(6-2)9-12(14-4)13-8-7-10(3)15-13/h7-8,11-12,14H,5-6,9H2,1-4H3. The molecule has 86 valence electrons. The van der Waals surface area contributed by atoms with Crippen molar-refractivity contribution in [3.63, 3.8) is 0 Å². The molecule has 1 rings (SSSR count). The topological polar surface area (TPSA) is 25.2 Å². The van der Waals surface area contributed by atoms with E-state index in [0.717, 1.165) is 23.9 Å². The Morgan fingerprint density at radius 2 is 1.93 bits per heavy atom. The number of nitrogens with one attached hydrogen (secondary N) is 1. The maximum absolute atomic E-state index is 5.66. The largest absolute Gasteiger partial charge is 0.465 e. The molecular weight excluding hydrogens is 186 g/mol. The van der Waals surface area contributed by atoms with Gasteiger partial charge in [-0.1, -0.05) is 26.7 Å². The minimum atomic E-state index is 0.364. The van der Waals surface area contributed by atoms with Gasteiger partial charge in [-0.2, -0.15) is 0 Å². The van der Waals surface area contributed by atoms with Gasteiger partial charge >= 0.3 is 0 Å². The first-order valence-electron chi connectivity index (χ1n) is 5.94. The minimum Gasteiger partial charge on any atom is -0.465 e. The summed E-state index contributed by atoms with van der Waals surface area (Å²) in [4.78, 5) is 0. The van der Waals surface area contributed by atoms with Crippen LogP contribution in [0.15, 0.2) is 16.5 Å². The van der Waals surface area contributed by atoms with E-state index in [1.165, 1.54) is 12.8 Å². The van der Waals surface area contributed by atoms with Crippen molar-refractivity contribution in [2.24, 2.45) is 5.92 Å². The van der Waals surface area contributed by atoms with Gasteiger partial charge in [-0.25, -0.2) is 0 Å². The molecule has 0 spiro atoms. The minimum absolute atomic E-state index is 0.364. The van der Waals surface area contributed by atoms with Crippen LogP contribution in [0.25, 0.3) is 0 Å². The third kappa shape index (κ3) is 3.38. The Labute approximate surface area is 93.1 Å². The summed E-state index contributed by atoms with van der Waals surface area (Å²) < 4.78 is 5.66. The van der Waals surface area contributed by atoms with E-state index in [2.05, 4.69) is 25.2 Å². The van der Waals surface area contributed by atoms with Gasteiger partial charge in [-0.15, -0.1) is 0 Å². The summed E-state index contributed by atoms with van der Waals surface area (Å²) in [5.41, 5.74) is 0. The van der Waals surface area contributed by atoms with Gasteiger partial charge in [-0.05, 0) is 38.4 Å². The lowest BCUT2D eigenvalue weighted by molar-refractivity contribution is 0.336. The molecule has 1 aromatic heterocycles. The SMILES string of the molecule is CCC(CC)CC(NC)c1ccc(C)o1. The van der Waals surface area contributed by atoms with Crippen LogP contribution in [0.2, 0.25) is 0 Å². The zero-order valence-electron chi connectivity index (χ0n) is 10.3. The molecule has 0 fully saturated rings. The average molecular weight is 209 g/mol. The van der Waals surface area contributed by atoms with Crippen LogP contribution in [0.5, 0.6) is 0 Å². The van der Waals surface area contributed by atoms with E-state index < -0.39 is 0 Å². The highest BCUT2D eigenvalue weighted by molar-refractivity contribution is 5.09. The van der Waals surface area contributed by atoms with Crippen LogP contribution in [0.3, 0.4) is 0 Å². The Morgan fingerprint density at radius 1 is 1.27 bits per heavy atom. The zero-order chi connectivity index (χ0) is 11.3. The molecule has 0 saturated heterocycles. The quantitative estimate of drug-likeness (QED) is 0.773. The van der Waals surface area contributed by atoms with Gasteiger partial charge in [0.1, 0.15) is 11.5 Å². The van der Waals surface area contributed by atoms with Gasteiger partial charge in [0.2, 0.25) is 0 Å². The van der Waals surface area contributed by atoms with E-state index in [9.17, 15) is 0 Å². The van der Waals surface area contributed by atoms with Crippen molar-refractivity contribution in [1.29, 1.82) is 0 Å². The molecule has 1 atom stereocenters. The molecule has 1 N–H and O–H groups in total. The normalized spacial score (nSPS) is 13.4. The second-order valence-electron chi connectivity index (χ2n) is 4.21. The molecule has 1 aromatic rings. The number of furan rings is 1. The molecule has 0 aliphatic heterocycles. The van der Waals surface area contributed by atoms with E-state index in [4.69, 9.17) is 4.42 Å². The lowest BCUT2D eigenvalue weighted by Crippen LogP contribution is -2.19. The third-order valence-electron chi connectivity index (χ3n) is 3.18. The molecule has 15 heavy (non-hydrogen) atoms. The van der Waals surface area contributed by atoms with Crippen LogP contribution in [0, 0.1) is 12.8 Å². The fourth-order valence-electron chi connectivity index (χ4n) is 1.97. The second-order valence-corrected chi connectivity index (χ2v) is 4.21. The van der Waals surface area contributed by atoms with E-state index >= 15 is 0 Å². The van der Waals surface area contributed by atoms with Crippen molar-refractivity contribution in [2.75, 3.05) is 7.05 Å². The Kier molecular flexibility index (Phi) is 4.89. The summed E-state index contributed by atoms with van der Waals surface area (Å²) >= 11 is 0. The van der Waals surface area contributed by atoms with Crippen molar-refractivity contribution in [3.05, 3.63) is 23.7 Å². The molecule has 0 bridgehead atoms. The zero-order valence-corrected chi connectivity index (χ0v) is 10.3. The van der Waals surface area contributed by atoms with Gasteiger partial charge in [0, 0.05) is 0 Å². The smallest absolute Gasteiger partial charge is 0.121 e. The van der Waals surface area contributed by atoms with Crippen LogP contribution in [0.1, 0.15) is 50.7 Å². The highest BCUT2D eigenvalue weighted by Crippen LogP contribution is 2.26. The molecule has 0 aromatic carbocycles. The fraction of sp³-hybridized carbons (Fsp3) is 0.692. The third-order valence-corrected chi connectivity index (χ3v) is 3.18. The summed E-state index contributed by atoms with van der Waals surface area (Å²) in [7, 11) is 2.00. The van der Waals surface area contributed by atoms with Crippen molar-refractivity contribution < 1.29 is 4.42 Å². The van der Waals surface area contributed by atoms with Crippen LogP contribution < -0.4 is 5.32 Å². The fourth-order valence-corrected chi connectivity index (χ4v) is 1.97. The molecule has 0 amide bonds. The van der Waals surface area contributed by atoms with Gasteiger partial charge < -0.3 is 9.73 Å². The predicted octanol–water partition coefficient (Wildman–Crippen LogP) is 3.67. The summed E-state index contributed by atoms with van der Waals surface area (Å²) in [6.45, 7) is 6.51. The monoisotopic (exact) mass is 209 g/mol. The van der Waals surface area contributed by atoms with Gasteiger partial charge in [0.15, 0.2) is 0 Å². The molecule has 0 saturated carbocycles. The molecule has 1 unspecified atom stereocenters. The molecule has 0 radical (unpaired) electrons. The maximum atomic E-state index is 5.66. The summed E-state index contributed by atoms with van der Waals surface area (Å²) in [6.07, 6.45) is 3.65. The summed E-state index contributed by atoms with van der Waals surface area (Å²) in [5, 5.41) is 3.34. The predicted molar refractivity (Wildman–Crippen MR) is 63.9 cm³/mol. The Morgan fingerprint density at radius 3 is 2.33 bits per heavy atom. The van der Waals surface area contributed by atoms with Gasteiger partial charge in [0.25, 0.3) is 0 Å². The van der Waals surface area contributed by atoms with Crippen molar-refractivity contribution in [3.8, 4) is 0 Å². The first-order valence-corrected chi connectivity index (χ1v) is 5.94. The number of hydrogen-bond donors (Lipinski definition) is 1. The summed E-state index contributed by atoms with van der Waals surface area (Å²) in [6, 6.07) is 4.48. The molecule has 0 aliphatic rings. The molecular formula is C13H23NO. The summed E-state index contributed by atoms with van der Waals surface area (Å²) in [5.74, 6) is 2.85. The first-order chi connectivity index (χ1) is 7.21. The van der Waals surface area contributed by atoms with Crippen LogP contribution in [-0.4, -0.2) is 7.05 Å². The molecule has 2 heteroatoms. The van der Waals surface area contributed by atoms with Crippen molar-refractivity contribution >= 4 is 0 Å². The van der Waals surface area contributed by atoms with Crippen LogP contribution >= 0.6 is 0 Å². The highest BCUT2D eigenvalue weighted by Gasteiger charge is 2.16. The number of hydrogen-bond acceptors (Lipinski definition) is 2. The van der Waals surface area contributed by atoms with Crippen molar-refractivity contribution in [2.45, 2.75) is 46.1 Å². The number of rotatable bonds is 6. The highest BCUT2D eigenvalue weighted by atomic mass is 16.3. The van der Waals surface area contributed by atoms with Gasteiger partial charge in [-0.3, -0.25) is 0 Å². The van der Waals surface area contributed by atoms with E-state index in [1.54, 1.807) is 0 Å². The second kappa shape index (κ2) is 5.96. The molecule has 2 nitrogen and oxygen atoms in total. The Balaban J connectivity index is 2.63. The van der Waals surface area contributed by atoms with E-state index in [-0.39, 0.29) is 0 Å². The lowest BCUT2D eigenvalue weighted by Gasteiger charge is -2.19. The maximum Gasteiger partial charge on any atom is 0.121 e. The van der Waals surface area contributed by atoms with Crippen LogP contribution in [-0.2, 0) is 0 Å². The Hall–Kier alpha value is -0.760. The first kappa shape index (κ1) is 12.3. The molecule has 0 aliphatic carbocycles. The number of aryl methyl sites for hydroxylation is 1. The van der Waals surface area contributed by atoms with Gasteiger partial charge in [0.05, 0.1) is 6.04 Å². The average Bonchev–Trinajstić information content (AvgIpc) is 2.67. The van der Waals surface area contributed by atoms with Crippen LogP contribution in [0.4, 0.5) is 0 Å². The Bertz CT molecular complexity index is 276. The lowest BCUT2D eigenvalue weighted by atomic mass is 9.94. The molecule has 1 heterocycles. The van der Waals surface area contributed by atoms with Crippen molar-refractivity contribution in [1.82, 2.24) is 5.32 Å². The van der Waals surface area contributed by atoms with E-state index in [1.807, 2.05) is 20.0 Å². The van der Waals surface area contributed by atoms with E-state index in [0.29, 0.717) is 6.04 Å².